The highest BCUT2D eigenvalue weighted by Crippen LogP contribution is 2.15. The topological polar surface area (TPSA) is 84.5 Å². The van der Waals surface area contributed by atoms with E-state index in [-0.39, 0.29) is 18.5 Å². The highest BCUT2D eigenvalue weighted by Gasteiger charge is 2.13. The van der Waals surface area contributed by atoms with Crippen LogP contribution in [0.4, 0.5) is 0 Å². The third kappa shape index (κ3) is 5.65. The van der Waals surface area contributed by atoms with Crippen molar-refractivity contribution in [3.8, 4) is 0 Å². The van der Waals surface area contributed by atoms with Crippen molar-refractivity contribution in [3.05, 3.63) is 83.9 Å². The molecule has 3 rings (SSSR count). The smallest absolute Gasteiger partial charge is 0.325 e. The number of fused-ring (bicyclic) bond motifs is 1. The third-order valence-electron chi connectivity index (χ3n) is 4.45. The summed E-state index contributed by atoms with van der Waals surface area (Å²) >= 11 is 0. The van der Waals surface area contributed by atoms with E-state index in [1.54, 1.807) is 12.1 Å². The maximum atomic E-state index is 12.2. The van der Waals surface area contributed by atoms with E-state index in [2.05, 4.69) is 10.6 Å². The van der Waals surface area contributed by atoms with Gasteiger partial charge in [0.15, 0.2) is 6.61 Å². The number of ether oxygens (including phenoxy) is 1. The Labute approximate surface area is 168 Å². The number of esters is 1. The van der Waals surface area contributed by atoms with Gasteiger partial charge in [-0.05, 0) is 35.4 Å². The Balaban J connectivity index is 1.43. The van der Waals surface area contributed by atoms with Crippen molar-refractivity contribution in [2.24, 2.45) is 0 Å². The molecule has 0 fully saturated rings. The molecule has 0 spiro atoms. The summed E-state index contributed by atoms with van der Waals surface area (Å²) in [7, 11) is 0. The number of amides is 2. The lowest BCUT2D eigenvalue weighted by Gasteiger charge is -2.14. The van der Waals surface area contributed by atoms with Crippen molar-refractivity contribution in [3.63, 3.8) is 0 Å². The second-order valence-electron chi connectivity index (χ2n) is 6.61. The van der Waals surface area contributed by atoms with Gasteiger partial charge < -0.3 is 15.4 Å². The lowest BCUT2D eigenvalue weighted by molar-refractivity contribution is -0.147. The Kier molecular flexibility index (Phi) is 6.58. The van der Waals surface area contributed by atoms with Crippen LogP contribution in [0.1, 0.15) is 28.9 Å². The van der Waals surface area contributed by atoms with Crippen LogP contribution >= 0.6 is 0 Å². The zero-order chi connectivity index (χ0) is 20.6. The van der Waals surface area contributed by atoms with Crippen molar-refractivity contribution < 1.29 is 19.1 Å². The van der Waals surface area contributed by atoms with Gasteiger partial charge >= 0.3 is 5.97 Å². The Morgan fingerprint density at radius 2 is 1.59 bits per heavy atom. The fourth-order valence-electron chi connectivity index (χ4n) is 2.89. The molecule has 2 N–H and O–H groups in total. The van der Waals surface area contributed by atoms with Gasteiger partial charge in [-0.3, -0.25) is 14.4 Å². The molecule has 0 unspecified atom stereocenters. The van der Waals surface area contributed by atoms with E-state index in [1.807, 2.05) is 67.6 Å². The predicted molar refractivity (Wildman–Crippen MR) is 110 cm³/mol. The number of carbonyl (C=O) groups is 3. The molecule has 0 aliphatic rings. The summed E-state index contributed by atoms with van der Waals surface area (Å²) in [4.78, 5) is 36.0. The Hall–Kier alpha value is -3.67. The number of hydrogen-bond donors (Lipinski definition) is 2. The zero-order valence-electron chi connectivity index (χ0n) is 16.1. The first-order chi connectivity index (χ1) is 14.0. The molecule has 0 radical (unpaired) electrons. The van der Waals surface area contributed by atoms with Gasteiger partial charge in [-0.15, -0.1) is 0 Å². The standard InChI is InChI=1S/C23H22N2O4/c1-16(17-7-3-2-4-8-17)25-21(26)15-29-22(27)14-24-23(28)20-12-11-18-9-5-6-10-19(18)13-20/h2-13,16H,14-15H2,1H3,(H,24,28)(H,25,26)/t16-/m1/s1. The molecule has 148 valence electrons. The second-order valence-corrected chi connectivity index (χ2v) is 6.61. The van der Waals surface area contributed by atoms with Crippen LogP contribution in [-0.4, -0.2) is 30.9 Å². The van der Waals surface area contributed by atoms with Gasteiger partial charge in [0.05, 0.1) is 6.04 Å². The minimum Gasteiger partial charge on any atom is -0.454 e. The maximum Gasteiger partial charge on any atom is 0.325 e. The van der Waals surface area contributed by atoms with E-state index in [9.17, 15) is 14.4 Å². The predicted octanol–water partition coefficient (Wildman–Crippen LogP) is 2.99. The van der Waals surface area contributed by atoms with Crippen molar-refractivity contribution in [1.29, 1.82) is 0 Å². The molecule has 0 heterocycles. The molecule has 3 aromatic carbocycles. The van der Waals surface area contributed by atoms with Crippen LogP contribution in [0.25, 0.3) is 10.8 Å². The summed E-state index contributed by atoms with van der Waals surface area (Å²) in [6.45, 7) is 1.13. The minimum atomic E-state index is -0.679. The third-order valence-corrected chi connectivity index (χ3v) is 4.45. The van der Waals surface area contributed by atoms with Gasteiger partial charge in [0, 0.05) is 5.56 Å². The first kappa shape index (κ1) is 20.1. The normalized spacial score (nSPS) is 11.5. The molecule has 0 saturated carbocycles. The van der Waals surface area contributed by atoms with E-state index >= 15 is 0 Å². The summed E-state index contributed by atoms with van der Waals surface area (Å²) < 4.78 is 4.93. The molecule has 0 bridgehead atoms. The van der Waals surface area contributed by atoms with Crippen LogP contribution < -0.4 is 10.6 Å². The van der Waals surface area contributed by atoms with Gasteiger partial charge in [-0.25, -0.2) is 0 Å². The average molecular weight is 390 g/mol. The van der Waals surface area contributed by atoms with Gasteiger partial charge in [-0.1, -0.05) is 60.7 Å². The molecule has 0 aromatic heterocycles. The second kappa shape index (κ2) is 9.50. The van der Waals surface area contributed by atoms with E-state index in [0.29, 0.717) is 5.56 Å². The van der Waals surface area contributed by atoms with Crippen molar-refractivity contribution in [2.75, 3.05) is 13.2 Å². The number of rotatable bonds is 7. The average Bonchev–Trinajstić information content (AvgIpc) is 2.76. The van der Waals surface area contributed by atoms with Crippen LogP contribution in [-0.2, 0) is 14.3 Å². The van der Waals surface area contributed by atoms with Crippen molar-refractivity contribution >= 4 is 28.6 Å². The molecule has 2 amide bonds. The quantitative estimate of drug-likeness (QED) is 0.608. The molecule has 0 saturated heterocycles. The van der Waals surface area contributed by atoms with E-state index < -0.39 is 18.5 Å². The SMILES string of the molecule is C[C@@H](NC(=O)COC(=O)CNC(=O)c1ccc2ccccc2c1)c1ccccc1. The van der Waals surface area contributed by atoms with E-state index in [0.717, 1.165) is 16.3 Å². The number of hydrogen-bond acceptors (Lipinski definition) is 4. The summed E-state index contributed by atoms with van der Waals surface area (Å²) in [6.07, 6.45) is 0. The number of benzene rings is 3. The van der Waals surface area contributed by atoms with Crippen LogP contribution in [0.3, 0.4) is 0 Å². The summed E-state index contributed by atoms with van der Waals surface area (Å²) in [5.74, 6) is -1.47. The Morgan fingerprint density at radius 1 is 0.897 bits per heavy atom. The van der Waals surface area contributed by atoms with E-state index in [1.165, 1.54) is 0 Å². The molecule has 3 aromatic rings. The minimum absolute atomic E-state index is 0.199. The Bertz CT molecular complexity index is 1020. The van der Waals surface area contributed by atoms with Gasteiger partial charge in [0.1, 0.15) is 6.54 Å². The molecule has 6 nitrogen and oxygen atoms in total. The molecular formula is C23H22N2O4. The first-order valence-corrected chi connectivity index (χ1v) is 9.30. The maximum absolute atomic E-state index is 12.2. The summed E-state index contributed by atoms with van der Waals surface area (Å²) in [5.41, 5.74) is 1.40. The molecule has 29 heavy (non-hydrogen) atoms. The first-order valence-electron chi connectivity index (χ1n) is 9.30. The van der Waals surface area contributed by atoms with Crippen molar-refractivity contribution in [2.45, 2.75) is 13.0 Å². The zero-order valence-corrected chi connectivity index (χ0v) is 16.1. The molecular weight excluding hydrogens is 368 g/mol. The van der Waals surface area contributed by atoms with E-state index in [4.69, 9.17) is 4.74 Å². The fourth-order valence-corrected chi connectivity index (χ4v) is 2.89. The molecule has 6 heteroatoms. The lowest BCUT2D eigenvalue weighted by Crippen LogP contribution is -2.34. The van der Waals surface area contributed by atoms with Gasteiger partial charge in [0.25, 0.3) is 11.8 Å². The van der Waals surface area contributed by atoms with Crippen LogP contribution in [0.2, 0.25) is 0 Å². The number of carbonyl (C=O) groups excluding carboxylic acids is 3. The van der Waals surface area contributed by atoms with Crippen LogP contribution in [0, 0.1) is 0 Å². The fraction of sp³-hybridized carbons (Fsp3) is 0.174. The molecule has 0 aliphatic heterocycles. The molecule has 1 atom stereocenters. The summed E-state index contributed by atoms with van der Waals surface area (Å²) in [5, 5.41) is 7.23. The van der Waals surface area contributed by atoms with Crippen LogP contribution in [0.15, 0.2) is 72.8 Å². The van der Waals surface area contributed by atoms with Gasteiger partial charge in [0.2, 0.25) is 0 Å². The monoisotopic (exact) mass is 390 g/mol. The lowest BCUT2D eigenvalue weighted by atomic mass is 10.1. The highest BCUT2D eigenvalue weighted by molar-refractivity contribution is 5.99. The van der Waals surface area contributed by atoms with Crippen molar-refractivity contribution in [1.82, 2.24) is 10.6 Å². The van der Waals surface area contributed by atoms with Crippen LogP contribution in [0.5, 0.6) is 0 Å². The van der Waals surface area contributed by atoms with Gasteiger partial charge in [-0.2, -0.15) is 0 Å². The summed E-state index contributed by atoms with van der Waals surface area (Å²) in [6, 6.07) is 22.3. The largest absolute Gasteiger partial charge is 0.454 e. The number of nitrogens with one attached hydrogen (secondary N) is 2. The Morgan fingerprint density at radius 3 is 2.34 bits per heavy atom. The molecule has 0 aliphatic carbocycles. The highest BCUT2D eigenvalue weighted by atomic mass is 16.5.